The molecular formula is C21H17N5O12S3. The van der Waals surface area contributed by atoms with E-state index in [0.29, 0.717) is 29.1 Å². The van der Waals surface area contributed by atoms with E-state index in [1.807, 2.05) is 0 Å². The molecule has 4 aromatic rings. The van der Waals surface area contributed by atoms with Crippen LogP contribution in [0, 0.1) is 0 Å². The number of azo groups is 1. The predicted molar refractivity (Wildman–Crippen MR) is 141 cm³/mol. The van der Waals surface area contributed by atoms with Gasteiger partial charge in [0.1, 0.15) is 4.90 Å². The summed E-state index contributed by atoms with van der Waals surface area (Å²) in [7, 11) is -10.1. The van der Waals surface area contributed by atoms with Gasteiger partial charge in [-0.1, -0.05) is 5.04 Å². The predicted octanol–water partition coefficient (Wildman–Crippen LogP) is 2.61. The average Bonchev–Trinajstić information content (AvgIpc) is 3.24. The Labute approximate surface area is 233 Å². The number of H-pyrrole nitrogens is 2. The molecule has 0 fully saturated rings. The van der Waals surface area contributed by atoms with Gasteiger partial charge in [-0.25, -0.2) is 10.1 Å². The highest BCUT2D eigenvalue weighted by Gasteiger charge is 2.26. The third-order valence-corrected chi connectivity index (χ3v) is 7.64. The van der Waals surface area contributed by atoms with Gasteiger partial charge in [-0.15, -0.1) is 4.33 Å². The van der Waals surface area contributed by atoms with Crippen LogP contribution in [0.5, 0.6) is 0 Å². The number of ketones is 1. The van der Waals surface area contributed by atoms with Crippen LogP contribution >= 0.6 is 12.0 Å². The number of amides is 1. The Morgan fingerprint density at radius 2 is 1.71 bits per heavy atom. The fraction of sp³-hybridized carbons (Fsp3) is 0.0952. The first-order valence-corrected chi connectivity index (χ1v) is 14.5. The van der Waals surface area contributed by atoms with Crippen molar-refractivity contribution in [3.63, 3.8) is 0 Å². The third kappa shape index (κ3) is 6.83. The highest BCUT2D eigenvalue weighted by Crippen LogP contribution is 2.38. The molecule has 216 valence electrons. The summed E-state index contributed by atoms with van der Waals surface area (Å²) in [5.41, 5.74) is 0.144. The number of rotatable bonds is 10. The number of nitrogens with one attached hydrogen (secondary N) is 3. The zero-order valence-corrected chi connectivity index (χ0v) is 22.7. The van der Waals surface area contributed by atoms with Crippen LogP contribution < -0.4 is 11.0 Å². The van der Waals surface area contributed by atoms with Gasteiger partial charge in [0.15, 0.2) is 5.78 Å². The summed E-state index contributed by atoms with van der Waals surface area (Å²) in [5.74, 6) is -1.73. The standard InChI is InChI=1S/C21H17N5O12S3/c1-9(27)19(20(28)22-11-2-3-14-15(6-11)24-21(29)23-14)26-25-16-7-12(39-38-37-30)4-10-5-13(40(31,32)33)8-17(18(10)16)41(34,35)36/h2-8,19,30H,1H3,(H,22,28)(H2,23,24,29)(H,31,32,33)(H,34,35,36). The van der Waals surface area contributed by atoms with E-state index in [4.69, 9.17) is 5.26 Å². The Hall–Kier alpha value is -4.02. The van der Waals surface area contributed by atoms with Gasteiger partial charge in [-0.05, 0) is 54.8 Å². The number of aromatic nitrogens is 2. The monoisotopic (exact) mass is 627 g/mol. The largest absolute Gasteiger partial charge is 0.324 e. The summed E-state index contributed by atoms with van der Waals surface area (Å²) in [5, 5.41) is 21.4. The van der Waals surface area contributed by atoms with Crippen LogP contribution in [-0.2, 0) is 39.2 Å². The lowest BCUT2D eigenvalue weighted by molar-refractivity contribution is -0.432. The van der Waals surface area contributed by atoms with Crippen LogP contribution in [0.15, 0.2) is 72.2 Å². The SMILES string of the molecule is CC(=O)C(N=Nc1cc(SOOO)cc2cc(S(=O)(=O)O)cc(S(=O)(=O)O)c12)C(=O)Nc1ccc2[nH]c(=O)[nH]c2c1. The molecule has 20 heteroatoms. The summed E-state index contributed by atoms with van der Waals surface area (Å²) < 4.78 is 71.4. The maximum atomic E-state index is 12.9. The van der Waals surface area contributed by atoms with E-state index >= 15 is 0 Å². The molecule has 0 aliphatic rings. The second kappa shape index (κ2) is 11.5. The van der Waals surface area contributed by atoms with Gasteiger partial charge in [-0.2, -0.15) is 27.1 Å². The molecule has 1 heterocycles. The van der Waals surface area contributed by atoms with Gasteiger partial charge in [-0.3, -0.25) is 18.7 Å². The summed E-state index contributed by atoms with van der Waals surface area (Å²) in [6.07, 6.45) is 0. The van der Waals surface area contributed by atoms with E-state index in [0.717, 1.165) is 25.1 Å². The summed E-state index contributed by atoms with van der Waals surface area (Å²) >= 11 is 0.356. The van der Waals surface area contributed by atoms with Gasteiger partial charge in [0.2, 0.25) is 6.04 Å². The van der Waals surface area contributed by atoms with Crippen molar-refractivity contribution in [2.75, 3.05) is 5.32 Å². The van der Waals surface area contributed by atoms with Crippen molar-refractivity contribution in [2.24, 2.45) is 10.2 Å². The molecule has 17 nitrogen and oxygen atoms in total. The zero-order valence-electron chi connectivity index (χ0n) is 20.3. The highest BCUT2D eigenvalue weighted by atomic mass is 32.2. The average molecular weight is 628 g/mol. The molecular weight excluding hydrogens is 610 g/mol. The molecule has 0 aliphatic carbocycles. The summed E-state index contributed by atoms with van der Waals surface area (Å²) in [6, 6.07) is 6.15. The molecule has 0 saturated heterocycles. The number of carbonyl (C=O) groups is 2. The number of carbonyl (C=O) groups excluding carboxylic acids is 2. The van der Waals surface area contributed by atoms with Crippen molar-refractivity contribution in [1.82, 2.24) is 9.97 Å². The van der Waals surface area contributed by atoms with E-state index in [2.05, 4.69) is 34.9 Å². The Bertz CT molecular complexity index is 2000. The summed E-state index contributed by atoms with van der Waals surface area (Å²) in [6.45, 7) is 1.04. The molecule has 1 unspecified atom stereocenters. The first-order chi connectivity index (χ1) is 19.2. The molecule has 0 bridgehead atoms. The smallest absolute Gasteiger partial charge is 0.323 e. The lowest BCUT2D eigenvalue weighted by Gasteiger charge is -2.12. The van der Waals surface area contributed by atoms with Crippen LogP contribution in [0.2, 0.25) is 0 Å². The van der Waals surface area contributed by atoms with Gasteiger partial charge >= 0.3 is 5.69 Å². The quantitative estimate of drug-likeness (QED) is 0.0369. The molecule has 3 aromatic carbocycles. The van der Waals surface area contributed by atoms with E-state index < -0.39 is 64.5 Å². The molecule has 0 radical (unpaired) electrons. The maximum absolute atomic E-state index is 12.9. The summed E-state index contributed by atoms with van der Waals surface area (Å²) in [4.78, 5) is 39.8. The number of benzene rings is 3. The second-order valence-electron chi connectivity index (χ2n) is 8.20. The number of hydrogen-bond acceptors (Lipinski definition) is 13. The van der Waals surface area contributed by atoms with Gasteiger partial charge < -0.3 is 15.3 Å². The lowest BCUT2D eigenvalue weighted by atomic mass is 10.1. The lowest BCUT2D eigenvalue weighted by Crippen LogP contribution is -2.31. The Morgan fingerprint density at radius 3 is 2.34 bits per heavy atom. The Morgan fingerprint density at radius 1 is 1.00 bits per heavy atom. The normalized spacial score (nSPS) is 13.2. The van der Waals surface area contributed by atoms with Crippen LogP contribution in [0.3, 0.4) is 0 Å². The number of nitrogens with zero attached hydrogens (tertiary/aromatic N) is 2. The number of hydrogen-bond donors (Lipinski definition) is 6. The molecule has 1 atom stereocenters. The Kier molecular flexibility index (Phi) is 8.37. The number of Topliss-reactive ketones (excluding diaryl/α,β-unsaturated/α-hetero) is 1. The fourth-order valence-electron chi connectivity index (χ4n) is 3.69. The van der Waals surface area contributed by atoms with Crippen LogP contribution in [0.25, 0.3) is 21.8 Å². The molecule has 0 aliphatic heterocycles. The van der Waals surface area contributed by atoms with Crippen molar-refractivity contribution >= 4 is 77.2 Å². The van der Waals surface area contributed by atoms with Gasteiger partial charge in [0.25, 0.3) is 26.1 Å². The van der Waals surface area contributed by atoms with Crippen molar-refractivity contribution in [2.45, 2.75) is 27.7 Å². The molecule has 6 N–H and O–H groups in total. The fourth-order valence-corrected chi connectivity index (χ4v) is 5.51. The highest BCUT2D eigenvalue weighted by molar-refractivity contribution is 7.94. The van der Waals surface area contributed by atoms with Crippen LogP contribution in [-0.4, -0.2) is 58.9 Å². The van der Waals surface area contributed by atoms with Crippen molar-refractivity contribution in [1.29, 1.82) is 0 Å². The molecule has 41 heavy (non-hydrogen) atoms. The molecule has 4 rings (SSSR count). The van der Waals surface area contributed by atoms with Crippen molar-refractivity contribution in [3.05, 3.63) is 52.9 Å². The first kappa shape index (κ1) is 30.0. The molecule has 1 amide bonds. The molecule has 0 spiro atoms. The zero-order chi connectivity index (χ0) is 30.1. The minimum atomic E-state index is -5.15. The maximum Gasteiger partial charge on any atom is 0.323 e. The minimum Gasteiger partial charge on any atom is -0.324 e. The number of fused-ring (bicyclic) bond motifs is 2. The van der Waals surface area contributed by atoms with Gasteiger partial charge in [0, 0.05) is 16.0 Å². The van der Waals surface area contributed by atoms with Crippen molar-refractivity contribution < 1.29 is 50.2 Å². The van der Waals surface area contributed by atoms with Crippen LogP contribution in [0.4, 0.5) is 11.4 Å². The number of anilines is 1. The van der Waals surface area contributed by atoms with Crippen molar-refractivity contribution in [3.8, 4) is 0 Å². The van der Waals surface area contributed by atoms with E-state index in [9.17, 15) is 40.3 Å². The number of aromatic amines is 2. The molecule has 1 aromatic heterocycles. The first-order valence-electron chi connectivity index (χ1n) is 10.8. The van der Waals surface area contributed by atoms with E-state index in [-0.39, 0.29) is 16.0 Å². The van der Waals surface area contributed by atoms with E-state index in [1.165, 1.54) is 18.2 Å². The van der Waals surface area contributed by atoms with E-state index in [1.54, 1.807) is 0 Å². The van der Waals surface area contributed by atoms with Crippen LogP contribution in [0.1, 0.15) is 6.92 Å². The number of imidazole rings is 1. The topological polar surface area (TPSA) is 267 Å². The second-order valence-corrected chi connectivity index (χ2v) is 11.8. The Balaban J connectivity index is 1.82. The molecule has 0 saturated carbocycles. The van der Waals surface area contributed by atoms with Gasteiger partial charge in [0.05, 0.1) is 33.7 Å². The minimum absolute atomic E-state index is 0.00639. The third-order valence-electron chi connectivity index (χ3n) is 5.37.